The van der Waals surface area contributed by atoms with Gasteiger partial charge in [-0.3, -0.25) is 4.79 Å². The standard InChI is InChI=1S/C22H23N5O2S/c28-21(27-13-5-2-6-14-27)17-9-11-18(12-10-17)24-22(30)23-15-19-25-20(26-29-19)16-7-3-1-4-8-16/h1,3-4,7-12H,2,5-6,13-15H2,(H2,23,24,30). The third-order valence-electron chi connectivity index (χ3n) is 4.93. The molecule has 8 heteroatoms. The van der Waals surface area contributed by atoms with Crippen molar-refractivity contribution in [1.82, 2.24) is 20.4 Å². The van der Waals surface area contributed by atoms with Crippen LogP contribution in [0.4, 0.5) is 5.69 Å². The van der Waals surface area contributed by atoms with Gasteiger partial charge in [-0.25, -0.2) is 0 Å². The SMILES string of the molecule is O=C(c1ccc(NC(=S)NCc2nc(-c3ccccc3)no2)cc1)N1CCCCC1. The van der Waals surface area contributed by atoms with Gasteiger partial charge in [0.1, 0.15) is 0 Å². The summed E-state index contributed by atoms with van der Waals surface area (Å²) < 4.78 is 5.27. The number of nitrogens with zero attached hydrogens (tertiary/aromatic N) is 3. The van der Waals surface area contributed by atoms with Crippen molar-refractivity contribution in [3.05, 3.63) is 66.1 Å². The molecule has 0 aliphatic carbocycles. The summed E-state index contributed by atoms with van der Waals surface area (Å²) in [5, 5.41) is 10.6. The fraction of sp³-hybridized carbons (Fsp3) is 0.273. The number of anilines is 1. The minimum Gasteiger partial charge on any atom is -0.353 e. The van der Waals surface area contributed by atoms with Crippen molar-refractivity contribution in [2.75, 3.05) is 18.4 Å². The first kappa shape index (κ1) is 20.0. The molecule has 1 saturated heterocycles. The molecule has 1 fully saturated rings. The van der Waals surface area contributed by atoms with Crippen LogP contribution in [0.1, 0.15) is 35.5 Å². The quantitative estimate of drug-likeness (QED) is 0.606. The van der Waals surface area contributed by atoms with Crippen LogP contribution in [-0.4, -0.2) is 39.1 Å². The lowest BCUT2D eigenvalue weighted by molar-refractivity contribution is 0.0724. The van der Waals surface area contributed by atoms with Crippen molar-refractivity contribution in [1.29, 1.82) is 0 Å². The van der Waals surface area contributed by atoms with Crippen molar-refractivity contribution in [2.24, 2.45) is 0 Å². The summed E-state index contributed by atoms with van der Waals surface area (Å²) in [6.07, 6.45) is 3.37. The van der Waals surface area contributed by atoms with Crippen molar-refractivity contribution in [2.45, 2.75) is 25.8 Å². The maximum atomic E-state index is 12.5. The van der Waals surface area contributed by atoms with Crippen LogP contribution >= 0.6 is 12.2 Å². The smallest absolute Gasteiger partial charge is 0.253 e. The van der Waals surface area contributed by atoms with Gasteiger partial charge in [0.15, 0.2) is 5.11 Å². The lowest BCUT2D eigenvalue weighted by atomic mass is 10.1. The maximum absolute atomic E-state index is 12.5. The molecule has 4 rings (SSSR count). The molecule has 2 aromatic carbocycles. The van der Waals surface area contributed by atoms with Gasteiger partial charge >= 0.3 is 0 Å². The van der Waals surface area contributed by atoms with Crippen molar-refractivity contribution in [3.63, 3.8) is 0 Å². The highest BCUT2D eigenvalue weighted by atomic mass is 32.1. The van der Waals surface area contributed by atoms with Gasteiger partial charge in [0, 0.05) is 29.9 Å². The Morgan fingerprint density at radius 3 is 2.50 bits per heavy atom. The van der Waals surface area contributed by atoms with E-state index in [0.29, 0.717) is 28.9 Å². The molecular weight excluding hydrogens is 398 g/mol. The number of likely N-dealkylation sites (tertiary alicyclic amines) is 1. The Morgan fingerprint density at radius 2 is 1.77 bits per heavy atom. The number of piperidine rings is 1. The third-order valence-corrected chi connectivity index (χ3v) is 5.18. The molecule has 0 spiro atoms. The Labute approximate surface area is 180 Å². The van der Waals surface area contributed by atoms with Crippen LogP contribution in [0.3, 0.4) is 0 Å². The van der Waals surface area contributed by atoms with E-state index in [1.165, 1.54) is 6.42 Å². The molecule has 0 atom stereocenters. The molecule has 0 bridgehead atoms. The molecule has 1 aliphatic rings. The summed E-state index contributed by atoms with van der Waals surface area (Å²) in [7, 11) is 0. The minimum absolute atomic E-state index is 0.0903. The highest BCUT2D eigenvalue weighted by molar-refractivity contribution is 7.80. The molecule has 3 aromatic rings. The summed E-state index contributed by atoms with van der Waals surface area (Å²) in [5.41, 5.74) is 2.39. The minimum atomic E-state index is 0.0903. The second-order valence-corrected chi connectivity index (χ2v) is 7.52. The van der Waals surface area contributed by atoms with E-state index in [0.717, 1.165) is 37.2 Å². The highest BCUT2D eigenvalue weighted by Gasteiger charge is 2.18. The first-order chi connectivity index (χ1) is 14.7. The molecule has 0 radical (unpaired) electrons. The second kappa shape index (κ2) is 9.49. The van der Waals surface area contributed by atoms with Crippen LogP contribution in [-0.2, 0) is 6.54 Å². The van der Waals surface area contributed by atoms with Gasteiger partial charge in [0.25, 0.3) is 5.91 Å². The number of nitrogens with one attached hydrogen (secondary N) is 2. The van der Waals surface area contributed by atoms with Crippen molar-refractivity contribution < 1.29 is 9.32 Å². The molecule has 1 amide bonds. The molecular formula is C22H23N5O2S. The van der Waals surface area contributed by atoms with Gasteiger partial charge in [-0.05, 0) is 55.7 Å². The van der Waals surface area contributed by atoms with E-state index in [4.69, 9.17) is 16.7 Å². The molecule has 0 unspecified atom stereocenters. The Bertz CT molecular complexity index is 998. The molecule has 1 aliphatic heterocycles. The second-order valence-electron chi connectivity index (χ2n) is 7.12. The molecule has 2 heterocycles. The molecule has 1 aromatic heterocycles. The van der Waals surface area contributed by atoms with Gasteiger partial charge < -0.3 is 20.1 Å². The van der Waals surface area contributed by atoms with E-state index in [1.54, 1.807) is 0 Å². The number of aromatic nitrogens is 2. The van der Waals surface area contributed by atoms with Crippen LogP contribution < -0.4 is 10.6 Å². The van der Waals surface area contributed by atoms with E-state index >= 15 is 0 Å². The summed E-state index contributed by atoms with van der Waals surface area (Å²) in [5.74, 6) is 1.08. The lowest BCUT2D eigenvalue weighted by Gasteiger charge is -2.26. The van der Waals surface area contributed by atoms with Crippen molar-refractivity contribution in [3.8, 4) is 11.4 Å². The fourth-order valence-electron chi connectivity index (χ4n) is 3.34. The third kappa shape index (κ3) is 5.01. The first-order valence-electron chi connectivity index (χ1n) is 10.0. The van der Waals surface area contributed by atoms with Crippen LogP contribution in [0, 0.1) is 0 Å². The number of carbonyl (C=O) groups excluding carboxylic acids is 1. The number of rotatable bonds is 5. The number of hydrogen-bond donors (Lipinski definition) is 2. The van der Waals surface area contributed by atoms with Gasteiger partial charge in [0.05, 0.1) is 6.54 Å². The molecule has 30 heavy (non-hydrogen) atoms. The Morgan fingerprint density at radius 1 is 1.03 bits per heavy atom. The van der Waals surface area contributed by atoms with E-state index in [1.807, 2.05) is 59.5 Å². The molecule has 2 N–H and O–H groups in total. The zero-order chi connectivity index (χ0) is 20.8. The number of amides is 1. The largest absolute Gasteiger partial charge is 0.353 e. The average Bonchev–Trinajstić information content (AvgIpc) is 3.28. The highest BCUT2D eigenvalue weighted by Crippen LogP contribution is 2.16. The number of carbonyl (C=O) groups is 1. The maximum Gasteiger partial charge on any atom is 0.253 e. The van der Waals surface area contributed by atoms with Gasteiger partial charge in [0.2, 0.25) is 11.7 Å². The van der Waals surface area contributed by atoms with E-state index < -0.39 is 0 Å². The van der Waals surface area contributed by atoms with Gasteiger partial charge in [-0.1, -0.05) is 35.5 Å². The Kier molecular flexibility index (Phi) is 6.34. The van der Waals surface area contributed by atoms with Crippen LogP contribution in [0.2, 0.25) is 0 Å². The molecule has 154 valence electrons. The van der Waals surface area contributed by atoms with E-state index in [2.05, 4.69) is 20.8 Å². The van der Waals surface area contributed by atoms with Crippen molar-refractivity contribution >= 4 is 28.9 Å². The first-order valence-corrected chi connectivity index (χ1v) is 10.4. The zero-order valence-corrected chi connectivity index (χ0v) is 17.3. The number of hydrogen-bond acceptors (Lipinski definition) is 5. The summed E-state index contributed by atoms with van der Waals surface area (Å²) in [4.78, 5) is 18.8. The predicted octanol–water partition coefficient (Wildman–Crippen LogP) is 3.85. The average molecular weight is 422 g/mol. The normalized spacial score (nSPS) is 13.7. The summed E-state index contributed by atoms with van der Waals surface area (Å²) in [6.45, 7) is 2.00. The Balaban J connectivity index is 1.28. The summed E-state index contributed by atoms with van der Waals surface area (Å²) in [6, 6.07) is 17.0. The fourth-order valence-corrected chi connectivity index (χ4v) is 3.53. The molecule has 0 saturated carbocycles. The van der Waals surface area contributed by atoms with Crippen LogP contribution in [0.15, 0.2) is 59.1 Å². The van der Waals surface area contributed by atoms with Gasteiger partial charge in [-0.15, -0.1) is 0 Å². The zero-order valence-electron chi connectivity index (χ0n) is 16.5. The molecule has 7 nitrogen and oxygen atoms in total. The number of thiocarbonyl (C=S) groups is 1. The lowest BCUT2D eigenvalue weighted by Crippen LogP contribution is -2.35. The van der Waals surface area contributed by atoms with E-state index in [9.17, 15) is 4.79 Å². The van der Waals surface area contributed by atoms with Crippen LogP contribution in [0.25, 0.3) is 11.4 Å². The monoisotopic (exact) mass is 421 g/mol. The predicted molar refractivity (Wildman–Crippen MR) is 119 cm³/mol. The topological polar surface area (TPSA) is 83.3 Å². The number of benzene rings is 2. The van der Waals surface area contributed by atoms with Gasteiger partial charge in [-0.2, -0.15) is 4.98 Å². The Hall–Kier alpha value is -3.26. The van der Waals surface area contributed by atoms with Crippen LogP contribution in [0.5, 0.6) is 0 Å². The van der Waals surface area contributed by atoms with E-state index in [-0.39, 0.29) is 5.91 Å². The summed E-state index contributed by atoms with van der Waals surface area (Å²) >= 11 is 5.34.